The third kappa shape index (κ3) is 6.75. The molecule has 1 aliphatic rings. The molecule has 1 aromatic carbocycles. The predicted molar refractivity (Wildman–Crippen MR) is 124 cm³/mol. The number of guanidine groups is 1. The molecule has 0 spiro atoms. The van der Waals surface area contributed by atoms with Gasteiger partial charge in [-0.3, -0.25) is 0 Å². The number of thiophene rings is 1. The van der Waals surface area contributed by atoms with E-state index in [9.17, 15) is 0 Å². The van der Waals surface area contributed by atoms with E-state index in [2.05, 4.69) is 71.2 Å². The first-order valence-corrected chi connectivity index (χ1v) is 11.7. The molecule has 2 aromatic rings. The molecule has 0 radical (unpaired) electrons. The highest BCUT2D eigenvalue weighted by Crippen LogP contribution is 2.24. The highest BCUT2D eigenvalue weighted by atomic mass is 32.1. The number of hydrogen-bond donors (Lipinski definition) is 2. The maximum Gasteiger partial charge on any atom is 0.191 e. The maximum atomic E-state index is 5.74. The molecule has 1 aromatic heterocycles. The number of piperidine rings is 1. The summed E-state index contributed by atoms with van der Waals surface area (Å²) >= 11 is 1.83. The van der Waals surface area contributed by atoms with E-state index in [4.69, 9.17) is 9.73 Å². The molecule has 6 heteroatoms. The molecule has 0 atom stereocenters. The first-order chi connectivity index (χ1) is 14.3. The second kappa shape index (κ2) is 11.8. The van der Waals surface area contributed by atoms with Gasteiger partial charge in [-0.15, -0.1) is 11.3 Å². The van der Waals surface area contributed by atoms with Crippen LogP contribution in [-0.4, -0.2) is 38.2 Å². The van der Waals surface area contributed by atoms with Crippen molar-refractivity contribution in [3.05, 3.63) is 52.9 Å². The summed E-state index contributed by atoms with van der Waals surface area (Å²) in [6, 6.07) is 13.2. The molecule has 0 unspecified atom stereocenters. The van der Waals surface area contributed by atoms with Crippen LogP contribution in [0.4, 0.5) is 5.00 Å². The van der Waals surface area contributed by atoms with E-state index in [0.717, 1.165) is 51.5 Å². The first kappa shape index (κ1) is 21.7. The summed E-state index contributed by atoms with van der Waals surface area (Å²) in [5, 5.41) is 10.6. The minimum Gasteiger partial charge on any atom is -0.377 e. The molecule has 3 rings (SSSR count). The lowest BCUT2D eigenvalue weighted by atomic mass is 10.1. The van der Waals surface area contributed by atoms with Crippen molar-refractivity contribution in [1.82, 2.24) is 10.6 Å². The van der Waals surface area contributed by atoms with E-state index in [1.165, 1.54) is 16.1 Å². The standard InChI is InChI=1S/C23H34N4OS/c1-3-15-28-18-20-9-6-5-8-19(20)17-25-23(24-4-2)26-21-11-13-27(14-12-21)22-10-7-16-29-22/h5-10,16,21H,3-4,11-15,17-18H2,1-2H3,(H2,24,25,26). The Hall–Kier alpha value is -2.05. The summed E-state index contributed by atoms with van der Waals surface area (Å²) < 4.78 is 5.74. The molecular formula is C23H34N4OS. The Kier molecular flexibility index (Phi) is 8.83. The van der Waals surface area contributed by atoms with Crippen molar-refractivity contribution in [3.8, 4) is 0 Å². The third-order valence-electron chi connectivity index (χ3n) is 5.13. The van der Waals surface area contributed by atoms with Crippen LogP contribution in [0.2, 0.25) is 0 Å². The van der Waals surface area contributed by atoms with Gasteiger partial charge in [0.25, 0.3) is 0 Å². The molecule has 0 amide bonds. The van der Waals surface area contributed by atoms with Crippen LogP contribution >= 0.6 is 11.3 Å². The first-order valence-electron chi connectivity index (χ1n) is 10.8. The Bertz CT molecular complexity index is 739. The average Bonchev–Trinajstić information content (AvgIpc) is 3.29. The number of aliphatic imine (C=N–C) groups is 1. The Morgan fingerprint density at radius 2 is 1.93 bits per heavy atom. The normalized spacial score (nSPS) is 15.5. The third-order valence-corrected chi connectivity index (χ3v) is 6.06. The lowest BCUT2D eigenvalue weighted by molar-refractivity contribution is 0.121. The molecule has 0 bridgehead atoms. The van der Waals surface area contributed by atoms with Gasteiger partial charge in [0.1, 0.15) is 0 Å². The van der Waals surface area contributed by atoms with Crippen LogP contribution in [0.1, 0.15) is 44.2 Å². The lowest BCUT2D eigenvalue weighted by Crippen LogP contribution is -2.48. The van der Waals surface area contributed by atoms with Gasteiger partial charge in [-0.1, -0.05) is 31.2 Å². The fourth-order valence-electron chi connectivity index (χ4n) is 3.55. The molecule has 1 saturated heterocycles. The summed E-state index contributed by atoms with van der Waals surface area (Å²) in [6.07, 6.45) is 3.30. The number of nitrogens with one attached hydrogen (secondary N) is 2. The van der Waals surface area contributed by atoms with E-state index < -0.39 is 0 Å². The smallest absolute Gasteiger partial charge is 0.191 e. The van der Waals surface area contributed by atoms with Crippen molar-refractivity contribution in [2.24, 2.45) is 4.99 Å². The van der Waals surface area contributed by atoms with Crippen molar-refractivity contribution >= 4 is 22.3 Å². The lowest BCUT2D eigenvalue weighted by Gasteiger charge is -2.33. The minimum atomic E-state index is 0.465. The highest BCUT2D eigenvalue weighted by Gasteiger charge is 2.20. The fourth-order valence-corrected chi connectivity index (χ4v) is 4.34. The Balaban J connectivity index is 1.55. The Labute approximate surface area is 179 Å². The van der Waals surface area contributed by atoms with Crippen molar-refractivity contribution in [3.63, 3.8) is 0 Å². The molecule has 0 saturated carbocycles. The Morgan fingerprint density at radius 3 is 2.62 bits per heavy atom. The quantitative estimate of drug-likeness (QED) is 0.363. The second-order valence-corrected chi connectivity index (χ2v) is 8.30. The van der Waals surface area contributed by atoms with E-state index in [0.29, 0.717) is 19.2 Å². The fraction of sp³-hybridized carbons (Fsp3) is 0.522. The van der Waals surface area contributed by atoms with Crippen molar-refractivity contribution in [2.75, 3.05) is 31.1 Å². The number of benzene rings is 1. The van der Waals surface area contributed by atoms with Gasteiger partial charge in [-0.25, -0.2) is 4.99 Å². The van der Waals surface area contributed by atoms with Gasteiger partial charge in [-0.2, -0.15) is 0 Å². The summed E-state index contributed by atoms with van der Waals surface area (Å²) in [5.41, 5.74) is 2.46. The van der Waals surface area contributed by atoms with Crippen LogP contribution in [0.25, 0.3) is 0 Å². The molecule has 0 aliphatic carbocycles. The number of hydrogen-bond acceptors (Lipinski definition) is 4. The van der Waals surface area contributed by atoms with Crippen LogP contribution in [0.5, 0.6) is 0 Å². The zero-order valence-corrected chi connectivity index (χ0v) is 18.5. The van der Waals surface area contributed by atoms with Crippen molar-refractivity contribution in [1.29, 1.82) is 0 Å². The molecule has 2 N–H and O–H groups in total. The van der Waals surface area contributed by atoms with Gasteiger partial charge in [0.05, 0.1) is 18.2 Å². The van der Waals surface area contributed by atoms with Gasteiger partial charge >= 0.3 is 0 Å². The van der Waals surface area contributed by atoms with Gasteiger partial charge in [-0.05, 0) is 54.8 Å². The van der Waals surface area contributed by atoms with Crippen LogP contribution in [0, 0.1) is 0 Å². The molecule has 158 valence electrons. The van der Waals surface area contributed by atoms with Crippen molar-refractivity contribution in [2.45, 2.75) is 52.3 Å². The summed E-state index contributed by atoms with van der Waals surface area (Å²) in [7, 11) is 0. The Morgan fingerprint density at radius 1 is 1.14 bits per heavy atom. The highest BCUT2D eigenvalue weighted by molar-refractivity contribution is 7.14. The van der Waals surface area contributed by atoms with Gasteiger partial charge < -0.3 is 20.3 Å². The van der Waals surface area contributed by atoms with E-state index >= 15 is 0 Å². The van der Waals surface area contributed by atoms with Crippen LogP contribution in [-0.2, 0) is 17.9 Å². The second-order valence-electron chi connectivity index (χ2n) is 7.37. The largest absolute Gasteiger partial charge is 0.377 e. The van der Waals surface area contributed by atoms with E-state index in [1.807, 2.05) is 11.3 Å². The van der Waals surface area contributed by atoms with Crippen LogP contribution < -0.4 is 15.5 Å². The molecule has 29 heavy (non-hydrogen) atoms. The monoisotopic (exact) mass is 414 g/mol. The molecular weight excluding hydrogens is 380 g/mol. The minimum absolute atomic E-state index is 0.465. The SMILES string of the molecule is CCCOCc1ccccc1CN=C(NCC)NC1CCN(c2cccs2)CC1. The molecule has 1 fully saturated rings. The average molecular weight is 415 g/mol. The topological polar surface area (TPSA) is 48.9 Å². The zero-order valence-electron chi connectivity index (χ0n) is 17.7. The van der Waals surface area contributed by atoms with Crippen LogP contribution in [0.15, 0.2) is 46.8 Å². The van der Waals surface area contributed by atoms with Gasteiger partial charge in [0, 0.05) is 32.3 Å². The van der Waals surface area contributed by atoms with Gasteiger partial charge in [0.15, 0.2) is 5.96 Å². The van der Waals surface area contributed by atoms with Crippen LogP contribution in [0.3, 0.4) is 0 Å². The number of anilines is 1. The molecule has 1 aliphatic heterocycles. The molecule has 2 heterocycles. The maximum absolute atomic E-state index is 5.74. The predicted octanol–water partition coefficient (Wildman–Crippen LogP) is 4.40. The van der Waals surface area contributed by atoms with Crippen molar-refractivity contribution < 1.29 is 4.74 Å². The summed E-state index contributed by atoms with van der Waals surface area (Å²) in [6.45, 7) is 9.41. The van der Waals surface area contributed by atoms with Gasteiger partial charge in [0.2, 0.25) is 0 Å². The van der Waals surface area contributed by atoms with E-state index in [1.54, 1.807) is 0 Å². The number of rotatable bonds is 9. The summed E-state index contributed by atoms with van der Waals surface area (Å²) in [5.74, 6) is 0.909. The number of ether oxygens (including phenoxy) is 1. The number of nitrogens with zero attached hydrogens (tertiary/aromatic N) is 2. The zero-order chi connectivity index (χ0) is 20.3. The summed E-state index contributed by atoms with van der Waals surface area (Å²) in [4.78, 5) is 7.35. The molecule has 5 nitrogen and oxygen atoms in total. The van der Waals surface area contributed by atoms with E-state index in [-0.39, 0.29) is 0 Å².